The zero-order valence-corrected chi connectivity index (χ0v) is 14.7. The number of hydrogen-bond donors (Lipinski definition) is 0. The second-order valence-electron chi connectivity index (χ2n) is 6.25. The van der Waals surface area contributed by atoms with E-state index in [2.05, 4.69) is 24.3 Å². The van der Waals surface area contributed by atoms with Crippen LogP contribution < -0.4 is 0 Å². The van der Waals surface area contributed by atoms with Crippen LogP contribution in [0.4, 0.5) is 0 Å². The molecule has 0 bridgehead atoms. The molecular weight excluding hydrogens is 316 g/mol. The van der Waals surface area contributed by atoms with Crippen molar-refractivity contribution >= 4 is 0 Å². The SMILES string of the molecule is CO[C@@H]1CC[C@H](OCc2ccccc2)[C@@H](COCc2ccccc2)O1. The summed E-state index contributed by atoms with van der Waals surface area (Å²) in [5.41, 5.74) is 2.32. The molecule has 3 rings (SSSR count). The highest BCUT2D eigenvalue weighted by atomic mass is 16.7. The smallest absolute Gasteiger partial charge is 0.157 e. The Bertz CT molecular complexity index is 602. The van der Waals surface area contributed by atoms with Gasteiger partial charge in [0.05, 0.1) is 25.9 Å². The van der Waals surface area contributed by atoms with Crippen molar-refractivity contribution < 1.29 is 18.9 Å². The topological polar surface area (TPSA) is 36.9 Å². The molecule has 2 aromatic rings. The van der Waals surface area contributed by atoms with Gasteiger partial charge in [-0.1, -0.05) is 60.7 Å². The van der Waals surface area contributed by atoms with Gasteiger partial charge in [-0.15, -0.1) is 0 Å². The number of ether oxygens (including phenoxy) is 4. The number of rotatable bonds is 8. The van der Waals surface area contributed by atoms with E-state index < -0.39 is 0 Å². The van der Waals surface area contributed by atoms with Gasteiger partial charge in [0.15, 0.2) is 6.29 Å². The Morgan fingerprint density at radius 3 is 2.16 bits per heavy atom. The predicted octanol–water partition coefficient (Wildman–Crippen LogP) is 3.94. The Balaban J connectivity index is 1.52. The van der Waals surface area contributed by atoms with Gasteiger partial charge in [0.25, 0.3) is 0 Å². The summed E-state index contributed by atoms with van der Waals surface area (Å²) in [5, 5.41) is 0. The van der Waals surface area contributed by atoms with Crippen molar-refractivity contribution in [1.82, 2.24) is 0 Å². The van der Waals surface area contributed by atoms with E-state index in [4.69, 9.17) is 18.9 Å². The molecule has 1 aliphatic heterocycles. The normalized spacial score (nSPS) is 23.5. The maximum Gasteiger partial charge on any atom is 0.157 e. The van der Waals surface area contributed by atoms with Crippen molar-refractivity contribution in [2.45, 2.75) is 44.6 Å². The average Bonchev–Trinajstić information content (AvgIpc) is 2.68. The summed E-state index contributed by atoms with van der Waals surface area (Å²) < 4.78 is 23.4. The summed E-state index contributed by atoms with van der Waals surface area (Å²) in [5.74, 6) is 0. The minimum Gasteiger partial charge on any atom is -0.374 e. The van der Waals surface area contributed by atoms with E-state index in [0.717, 1.165) is 18.4 Å². The van der Waals surface area contributed by atoms with E-state index in [0.29, 0.717) is 19.8 Å². The summed E-state index contributed by atoms with van der Waals surface area (Å²) in [6.07, 6.45) is 1.46. The van der Waals surface area contributed by atoms with E-state index in [1.807, 2.05) is 36.4 Å². The minimum absolute atomic E-state index is 0.0161. The molecule has 0 spiro atoms. The fourth-order valence-corrected chi connectivity index (χ4v) is 2.99. The predicted molar refractivity (Wildman–Crippen MR) is 96.0 cm³/mol. The molecule has 134 valence electrons. The van der Waals surface area contributed by atoms with Gasteiger partial charge >= 0.3 is 0 Å². The fraction of sp³-hybridized carbons (Fsp3) is 0.429. The summed E-state index contributed by atoms with van der Waals surface area (Å²) in [6.45, 7) is 1.65. The van der Waals surface area contributed by atoms with Crippen molar-refractivity contribution in [3.63, 3.8) is 0 Å². The zero-order valence-electron chi connectivity index (χ0n) is 14.7. The van der Waals surface area contributed by atoms with Crippen LogP contribution in [0.3, 0.4) is 0 Å². The molecular formula is C21H26O4. The molecule has 1 heterocycles. The van der Waals surface area contributed by atoms with Gasteiger partial charge in [-0.05, 0) is 17.5 Å². The Labute approximate surface area is 149 Å². The zero-order chi connectivity index (χ0) is 17.3. The van der Waals surface area contributed by atoms with Crippen molar-refractivity contribution in [2.75, 3.05) is 13.7 Å². The number of benzene rings is 2. The van der Waals surface area contributed by atoms with Gasteiger partial charge in [0, 0.05) is 13.5 Å². The lowest BCUT2D eigenvalue weighted by molar-refractivity contribution is -0.234. The molecule has 0 saturated carbocycles. The third kappa shape index (κ3) is 5.65. The third-order valence-corrected chi connectivity index (χ3v) is 4.39. The van der Waals surface area contributed by atoms with E-state index >= 15 is 0 Å². The van der Waals surface area contributed by atoms with Crippen LogP contribution in [0.15, 0.2) is 60.7 Å². The molecule has 3 atom stereocenters. The van der Waals surface area contributed by atoms with Gasteiger partial charge in [0.1, 0.15) is 6.10 Å². The summed E-state index contributed by atoms with van der Waals surface area (Å²) in [7, 11) is 1.68. The van der Waals surface area contributed by atoms with Crippen molar-refractivity contribution in [3.8, 4) is 0 Å². The second-order valence-corrected chi connectivity index (χ2v) is 6.25. The Morgan fingerprint density at radius 1 is 0.880 bits per heavy atom. The molecule has 1 aliphatic rings. The highest BCUT2D eigenvalue weighted by Gasteiger charge is 2.32. The molecule has 0 radical (unpaired) electrons. The first-order valence-corrected chi connectivity index (χ1v) is 8.80. The van der Waals surface area contributed by atoms with E-state index in [9.17, 15) is 0 Å². The monoisotopic (exact) mass is 342 g/mol. The number of hydrogen-bond acceptors (Lipinski definition) is 4. The molecule has 25 heavy (non-hydrogen) atoms. The van der Waals surface area contributed by atoms with Crippen molar-refractivity contribution in [2.24, 2.45) is 0 Å². The van der Waals surface area contributed by atoms with Crippen LogP contribution in [-0.4, -0.2) is 32.2 Å². The van der Waals surface area contributed by atoms with E-state index in [1.165, 1.54) is 5.56 Å². The highest BCUT2D eigenvalue weighted by molar-refractivity contribution is 5.14. The quantitative estimate of drug-likeness (QED) is 0.728. The molecule has 4 nitrogen and oxygen atoms in total. The minimum atomic E-state index is -0.179. The molecule has 2 aromatic carbocycles. The molecule has 4 heteroatoms. The van der Waals surface area contributed by atoms with Crippen LogP contribution in [-0.2, 0) is 32.2 Å². The highest BCUT2D eigenvalue weighted by Crippen LogP contribution is 2.24. The Hall–Kier alpha value is -1.72. The average molecular weight is 342 g/mol. The lowest BCUT2D eigenvalue weighted by Crippen LogP contribution is -2.43. The van der Waals surface area contributed by atoms with Gasteiger partial charge < -0.3 is 18.9 Å². The first kappa shape index (κ1) is 18.1. The lowest BCUT2D eigenvalue weighted by atomic mass is 10.0. The summed E-state index contributed by atoms with van der Waals surface area (Å²) in [4.78, 5) is 0. The van der Waals surface area contributed by atoms with Gasteiger partial charge in [-0.25, -0.2) is 0 Å². The maximum absolute atomic E-state index is 6.12. The van der Waals surface area contributed by atoms with Crippen LogP contribution in [0, 0.1) is 0 Å². The van der Waals surface area contributed by atoms with Crippen LogP contribution >= 0.6 is 0 Å². The summed E-state index contributed by atoms with van der Waals surface area (Å²) >= 11 is 0. The van der Waals surface area contributed by atoms with Crippen LogP contribution in [0.1, 0.15) is 24.0 Å². The van der Waals surface area contributed by atoms with Crippen LogP contribution in [0.5, 0.6) is 0 Å². The first-order valence-electron chi connectivity index (χ1n) is 8.80. The van der Waals surface area contributed by atoms with Gasteiger partial charge in [-0.2, -0.15) is 0 Å². The Morgan fingerprint density at radius 2 is 1.52 bits per heavy atom. The van der Waals surface area contributed by atoms with Gasteiger partial charge in [-0.3, -0.25) is 0 Å². The standard InChI is InChI=1S/C21H26O4/c1-22-21-13-12-19(24-15-18-10-6-3-7-11-18)20(25-21)16-23-14-17-8-4-2-5-9-17/h2-11,19-21H,12-16H2,1H3/t19-,20+,21-/m0/s1. The van der Waals surface area contributed by atoms with Crippen LogP contribution in [0.2, 0.25) is 0 Å². The molecule has 0 aromatic heterocycles. The second kappa shape index (κ2) is 9.68. The molecule has 0 aliphatic carbocycles. The third-order valence-electron chi connectivity index (χ3n) is 4.39. The lowest BCUT2D eigenvalue weighted by Gasteiger charge is -2.35. The van der Waals surface area contributed by atoms with Crippen molar-refractivity contribution in [1.29, 1.82) is 0 Å². The molecule has 1 saturated heterocycles. The van der Waals surface area contributed by atoms with Gasteiger partial charge in [0.2, 0.25) is 0 Å². The molecule has 1 fully saturated rings. The number of methoxy groups -OCH3 is 1. The van der Waals surface area contributed by atoms with E-state index in [-0.39, 0.29) is 18.5 Å². The van der Waals surface area contributed by atoms with Crippen molar-refractivity contribution in [3.05, 3.63) is 71.8 Å². The molecule has 0 N–H and O–H groups in total. The maximum atomic E-state index is 6.12. The molecule has 0 unspecified atom stereocenters. The largest absolute Gasteiger partial charge is 0.374 e. The Kier molecular flexibility index (Phi) is 7.00. The van der Waals surface area contributed by atoms with Crippen LogP contribution in [0.25, 0.3) is 0 Å². The fourth-order valence-electron chi connectivity index (χ4n) is 2.99. The molecule has 0 amide bonds. The summed E-state index contributed by atoms with van der Waals surface area (Å²) in [6, 6.07) is 20.4. The van der Waals surface area contributed by atoms with E-state index in [1.54, 1.807) is 7.11 Å². The first-order chi connectivity index (χ1) is 12.3.